The third-order valence-electron chi connectivity index (χ3n) is 3.68. The molecule has 0 aliphatic rings. The molecule has 1 N–H and O–H groups in total. The van der Waals surface area contributed by atoms with E-state index in [0.29, 0.717) is 23.2 Å². The minimum atomic E-state index is -0.194. The van der Waals surface area contributed by atoms with Crippen molar-refractivity contribution in [2.24, 2.45) is 0 Å². The molecule has 134 valence electrons. The molecule has 0 fully saturated rings. The second-order valence-corrected chi connectivity index (χ2v) is 5.38. The summed E-state index contributed by atoms with van der Waals surface area (Å²) < 4.78 is 15.6. The minimum absolute atomic E-state index is 0.142. The molecule has 0 spiro atoms. The number of benzene rings is 1. The van der Waals surface area contributed by atoms with Crippen molar-refractivity contribution in [2.75, 3.05) is 14.2 Å². The van der Waals surface area contributed by atoms with Crippen LogP contribution >= 0.6 is 0 Å². The van der Waals surface area contributed by atoms with Crippen molar-refractivity contribution in [3.05, 3.63) is 54.2 Å². The molecule has 26 heavy (non-hydrogen) atoms. The van der Waals surface area contributed by atoms with Crippen LogP contribution < -0.4 is 14.8 Å². The second kappa shape index (κ2) is 8.11. The summed E-state index contributed by atoms with van der Waals surface area (Å²) in [6, 6.07) is 8.87. The number of ether oxygens (including phenoxy) is 2. The van der Waals surface area contributed by atoms with Crippen LogP contribution in [0.15, 0.2) is 47.2 Å². The summed E-state index contributed by atoms with van der Waals surface area (Å²) in [5, 5.41) is 6.65. The molecule has 1 aromatic carbocycles. The van der Waals surface area contributed by atoms with Crippen molar-refractivity contribution in [1.82, 2.24) is 20.4 Å². The number of carbonyl (C=O) groups is 1. The predicted molar refractivity (Wildman–Crippen MR) is 92.6 cm³/mol. The monoisotopic (exact) mass is 354 g/mol. The van der Waals surface area contributed by atoms with E-state index in [-0.39, 0.29) is 18.9 Å². The van der Waals surface area contributed by atoms with Gasteiger partial charge >= 0.3 is 0 Å². The van der Waals surface area contributed by atoms with Gasteiger partial charge in [-0.1, -0.05) is 5.16 Å². The smallest absolute Gasteiger partial charge is 0.246 e. The number of rotatable bonds is 7. The zero-order valence-electron chi connectivity index (χ0n) is 14.4. The molecule has 0 atom stereocenters. The highest BCUT2D eigenvalue weighted by Gasteiger charge is 2.13. The van der Waals surface area contributed by atoms with Gasteiger partial charge in [0.05, 0.1) is 27.2 Å². The Labute approximate surface area is 150 Å². The number of nitrogens with zero attached hydrogens (tertiary/aromatic N) is 3. The number of hydrogen-bond acceptors (Lipinski definition) is 7. The molecular weight excluding hydrogens is 336 g/mol. The van der Waals surface area contributed by atoms with Crippen molar-refractivity contribution in [3.63, 3.8) is 0 Å². The summed E-state index contributed by atoms with van der Waals surface area (Å²) in [6.07, 6.45) is 3.44. The molecule has 2 aromatic heterocycles. The van der Waals surface area contributed by atoms with E-state index in [1.165, 1.54) is 0 Å². The van der Waals surface area contributed by atoms with Gasteiger partial charge in [-0.15, -0.1) is 0 Å². The number of nitrogens with one attached hydrogen (secondary N) is 1. The Hall–Kier alpha value is -3.42. The second-order valence-electron chi connectivity index (χ2n) is 5.38. The Bertz CT molecular complexity index is 880. The van der Waals surface area contributed by atoms with Crippen molar-refractivity contribution in [3.8, 4) is 22.9 Å². The van der Waals surface area contributed by atoms with Crippen LogP contribution in [-0.4, -0.2) is 35.3 Å². The Morgan fingerprint density at radius 1 is 1.15 bits per heavy atom. The van der Waals surface area contributed by atoms with Gasteiger partial charge in [-0.2, -0.15) is 4.98 Å². The van der Waals surface area contributed by atoms with E-state index in [9.17, 15) is 4.79 Å². The molecule has 8 nitrogen and oxygen atoms in total. The lowest BCUT2D eigenvalue weighted by Crippen LogP contribution is -2.24. The summed E-state index contributed by atoms with van der Waals surface area (Å²) in [5.41, 5.74) is 1.52. The van der Waals surface area contributed by atoms with E-state index in [2.05, 4.69) is 20.4 Å². The van der Waals surface area contributed by atoms with Crippen LogP contribution in [0.3, 0.4) is 0 Å². The maximum Gasteiger partial charge on any atom is 0.246 e. The molecule has 0 radical (unpaired) electrons. The van der Waals surface area contributed by atoms with Crippen LogP contribution in [0.2, 0.25) is 0 Å². The number of aromatic nitrogens is 3. The van der Waals surface area contributed by atoms with Crippen molar-refractivity contribution >= 4 is 5.91 Å². The van der Waals surface area contributed by atoms with E-state index >= 15 is 0 Å². The van der Waals surface area contributed by atoms with Gasteiger partial charge < -0.3 is 19.3 Å². The van der Waals surface area contributed by atoms with E-state index in [1.54, 1.807) is 56.9 Å². The SMILES string of the molecule is COc1ccc(OC)c(CC(=O)NCc2nc(-c3ccncc3)no2)c1. The fourth-order valence-electron chi connectivity index (χ4n) is 2.37. The molecule has 0 saturated heterocycles. The molecule has 8 heteroatoms. The average molecular weight is 354 g/mol. The highest BCUT2D eigenvalue weighted by Crippen LogP contribution is 2.24. The lowest BCUT2D eigenvalue weighted by Gasteiger charge is -2.10. The van der Waals surface area contributed by atoms with Gasteiger partial charge in [0.15, 0.2) is 0 Å². The summed E-state index contributed by atoms with van der Waals surface area (Å²) in [6.45, 7) is 0.142. The summed E-state index contributed by atoms with van der Waals surface area (Å²) in [7, 11) is 3.13. The largest absolute Gasteiger partial charge is 0.497 e. The number of carbonyl (C=O) groups excluding carboxylic acids is 1. The first-order valence-corrected chi connectivity index (χ1v) is 7.90. The zero-order valence-corrected chi connectivity index (χ0v) is 14.4. The van der Waals surface area contributed by atoms with Crippen LogP contribution in [0.1, 0.15) is 11.5 Å². The highest BCUT2D eigenvalue weighted by molar-refractivity contribution is 5.79. The first-order chi connectivity index (χ1) is 12.7. The molecule has 0 unspecified atom stereocenters. The lowest BCUT2D eigenvalue weighted by molar-refractivity contribution is -0.120. The van der Waals surface area contributed by atoms with E-state index < -0.39 is 0 Å². The lowest BCUT2D eigenvalue weighted by atomic mass is 10.1. The number of methoxy groups -OCH3 is 2. The molecular formula is C18H18N4O4. The van der Waals surface area contributed by atoms with Gasteiger partial charge in [-0.25, -0.2) is 0 Å². The van der Waals surface area contributed by atoms with Crippen molar-refractivity contribution < 1.29 is 18.8 Å². The van der Waals surface area contributed by atoms with Gasteiger partial charge in [0.1, 0.15) is 11.5 Å². The number of pyridine rings is 1. The molecule has 0 aliphatic heterocycles. The Morgan fingerprint density at radius 2 is 1.96 bits per heavy atom. The van der Waals surface area contributed by atoms with Crippen molar-refractivity contribution in [2.45, 2.75) is 13.0 Å². The zero-order chi connectivity index (χ0) is 18.4. The van der Waals surface area contributed by atoms with Crippen LogP contribution in [-0.2, 0) is 17.8 Å². The normalized spacial score (nSPS) is 10.4. The van der Waals surface area contributed by atoms with E-state index in [1.807, 2.05) is 0 Å². The first-order valence-electron chi connectivity index (χ1n) is 7.90. The Kier molecular flexibility index (Phi) is 5.43. The third kappa shape index (κ3) is 4.15. The molecule has 3 aromatic rings. The third-order valence-corrected chi connectivity index (χ3v) is 3.68. The van der Waals surface area contributed by atoms with Crippen LogP contribution in [0.4, 0.5) is 0 Å². The maximum atomic E-state index is 12.2. The number of amides is 1. The summed E-state index contributed by atoms with van der Waals surface area (Å²) >= 11 is 0. The van der Waals surface area contributed by atoms with Crippen LogP contribution in [0.5, 0.6) is 11.5 Å². The molecule has 0 saturated carbocycles. The molecule has 3 rings (SSSR count). The summed E-state index contributed by atoms with van der Waals surface area (Å²) in [4.78, 5) is 20.4. The number of hydrogen-bond donors (Lipinski definition) is 1. The first kappa shape index (κ1) is 17.4. The quantitative estimate of drug-likeness (QED) is 0.693. The van der Waals surface area contributed by atoms with Gasteiger partial charge in [-0.3, -0.25) is 9.78 Å². The van der Waals surface area contributed by atoms with Gasteiger partial charge in [0, 0.05) is 23.5 Å². The van der Waals surface area contributed by atoms with Crippen molar-refractivity contribution in [1.29, 1.82) is 0 Å². The molecule has 2 heterocycles. The van der Waals surface area contributed by atoms with Crippen LogP contribution in [0, 0.1) is 0 Å². The standard InChI is InChI=1S/C18H18N4O4/c1-24-14-3-4-15(25-2)13(9-14)10-16(23)20-11-17-21-18(22-26-17)12-5-7-19-8-6-12/h3-9H,10-11H2,1-2H3,(H,20,23). The Morgan fingerprint density at radius 3 is 2.69 bits per heavy atom. The molecule has 0 bridgehead atoms. The Balaban J connectivity index is 1.61. The van der Waals surface area contributed by atoms with Crippen LogP contribution in [0.25, 0.3) is 11.4 Å². The van der Waals surface area contributed by atoms with Gasteiger partial charge in [0.25, 0.3) is 0 Å². The molecule has 0 aliphatic carbocycles. The van der Waals surface area contributed by atoms with Gasteiger partial charge in [0.2, 0.25) is 17.6 Å². The summed E-state index contributed by atoms with van der Waals surface area (Å²) in [5.74, 6) is 1.86. The predicted octanol–water partition coefficient (Wildman–Crippen LogP) is 2.01. The minimum Gasteiger partial charge on any atom is -0.497 e. The average Bonchev–Trinajstić information content (AvgIpc) is 3.16. The molecule has 1 amide bonds. The highest BCUT2D eigenvalue weighted by atomic mass is 16.5. The fraction of sp³-hybridized carbons (Fsp3) is 0.222. The fourth-order valence-corrected chi connectivity index (χ4v) is 2.37. The maximum absolute atomic E-state index is 12.2. The topological polar surface area (TPSA) is 99.4 Å². The van der Waals surface area contributed by atoms with E-state index in [4.69, 9.17) is 14.0 Å². The van der Waals surface area contributed by atoms with E-state index in [0.717, 1.165) is 11.1 Å². The van der Waals surface area contributed by atoms with Gasteiger partial charge in [-0.05, 0) is 30.3 Å².